The fourth-order valence-electron chi connectivity index (χ4n) is 1.72. The van der Waals surface area contributed by atoms with Crippen molar-refractivity contribution in [3.63, 3.8) is 0 Å². The molecule has 2 aromatic carbocycles. The van der Waals surface area contributed by atoms with Crippen molar-refractivity contribution in [2.45, 2.75) is 6.61 Å². The lowest BCUT2D eigenvalue weighted by molar-refractivity contribution is 0.304. The van der Waals surface area contributed by atoms with Crippen LogP contribution in [-0.4, -0.2) is 14.2 Å². The summed E-state index contributed by atoms with van der Waals surface area (Å²) in [5, 5.41) is 0.577. The molecule has 0 radical (unpaired) electrons. The number of benzene rings is 2. The van der Waals surface area contributed by atoms with Gasteiger partial charge < -0.3 is 14.2 Å². The van der Waals surface area contributed by atoms with Crippen molar-refractivity contribution in [1.82, 2.24) is 0 Å². The van der Waals surface area contributed by atoms with Gasteiger partial charge in [-0.2, -0.15) is 0 Å². The second-order valence-corrected chi connectivity index (χ2v) is 5.38. The smallest absolute Gasteiger partial charge is 0.161 e. The Balaban J connectivity index is 2.12. The van der Waals surface area contributed by atoms with E-state index in [-0.39, 0.29) is 0 Å². The SMILES string of the molecule is COc1ccc(COc2cc(Br)ccc2Cl)cc1OC. The van der Waals surface area contributed by atoms with Crippen LogP contribution in [0.4, 0.5) is 0 Å². The lowest BCUT2D eigenvalue weighted by Crippen LogP contribution is -1.98. The van der Waals surface area contributed by atoms with Crippen LogP contribution >= 0.6 is 27.5 Å². The summed E-state index contributed by atoms with van der Waals surface area (Å²) in [5.74, 6) is 2.00. The molecule has 0 heterocycles. The summed E-state index contributed by atoms with van der Waals surface area (Å²) in [4.78, 5) is 0. The molecule has 0 unspecified atom stereocenters. The van der Waals surface area contributed by atoms with Crippen molar-refractivity contribution in [2.24, 2.45) is 0 Å². The van der Waals surface area contributed by atoms with Crippen molar-refractivity contribution >= 4 is 27.5 Å². The third-order valence-corrected chi connectivity index (χ3v) is 3.54. The van der Waals surface area contributed by atoms with E-state index in [1.165, 1.54) is 0 Å². The quantitative estimate of drug-likeness (QED) is 0.776. The maximum atomic E-state index is 6.08. The van der Waals surface area contributed by atoms with Crippen LogP contribution in [-0.2, 0) is 6.61 Å². The molecule has 3 nitrogen and oxygen atoms in total. The van der Waals surface area contributed by atoms with Crippen LogP contribution in [0.3, 0.4) is 0 Å². The summed E-state index contributed by atoms with van der Waals surface area (Å²) in [6, 6.07) is 11.1. The summed E-state index contributed by atoms with van der Waals surface area (Å²) in [5.41, 5.74) is 0.971. The molecule has 2 rings (SSSR count). The van der Waals surface area contributed by atoms with Crippen LogP contribution in [0.5, 0.6) is 17.2 Å². The minimum atomic E-state index is 0.399. The molecule has 0 aromatic heterocycles. The first-order valence-corrected chi connectivity index (χ1v) is 7.10. The van der Waals surface area contributed by atoms with Crippen LogP contribution in [0.2, 0.25) is 5.02 Å². The van der Waals surface area contributed by atoms with E-state index in [0.29, 0.717) is 28.9 Å². The molecule has 106 valence electrons. The monoisotopic (exact) mass is 356 g/mol. The summed E-state index contributed by atoms with van der Waals surface area (Å²) in [6.45, 7) is 0.399. The lowest BCUT2D eigenvalue weighted by Gasteiger charge is -2.11. The van der Waals surface area contributed by atoms with Gasteiger partial charge >= 0.3 is 0 Å². The molecule has 0 bridgehead atoms. The van der Waals surface area contributed by atoms with E-state index in [1.54, 1.807) is 20.3 Å². The molecule has 2 aromatic rings. The predicted molar refractivity (Wildman–Crippen MR) is 83.0 cm³/mol. The molecule has 0 N–H and O–H groups in total. The van der Waals surface area contributed by atoms with Gasteiger partial charge in [0.05, 0.1) is 19.2 Å². The number of ether oxygens (including phenoxy) is 3. The first-order chi connectivity index (χ1) is 9.63. The van der Waals surface area contributed by atoms with Crippen molar-refractivity contribution in [3.8, 4) is 17.2 Å². The number of rotatable bonds is 5. The zero-order valence-electron chi connectivity index (χ0n) is 11.2. The summed E-state index contributed by atoms with van der Waals surface area (Å²) >= 11 is 9.47. The van der Waals surface area contributed by atoms with Gasteiger partial charge in [-0.15, -0.1) is 0 Å². The van der Waals surface area contributed by atoms with Gasteiger partial charge in [0.1, 0.15) is 12.4 Å². The van der Waals surface area contributed by atoms with Crippen molar-refractivity contribution in [2.75, 3.05) is 14.2 Å². The molecule has 0 aliphatic carbocycles. The van der Waals surface area contributed by atoms with E-state index in [1.807, 2.05) is 30.3 Å². The second-order valence-electron chi connectivity index (χ2n) is 4.05. The molecule has 5 heteroatoms. The highest BCUT2D eigenvalue weighted by Gasteiger charge is 2.07. The minimum Gasteiger partial charge on any atom is -0.493 e. The third kappa shape index (κ3) is 3.58. The Morgan fingerprint density at radius 3 is 2.40 bits per heavy atom. The fraction of sp³-hybridized carbons (Fsp3) is 0.200. The van der Waals surface area contributed by atoms with Gasteiger partial charge in [-0.1, -0.05) is 33.6 Å². The number of methoxy groups -OCH3 is 2. The van der Waals surface area contributed by atoms with E-state index in [4.69, 9.17) is 25.8 Å². The summed E-state index contributed by atoms with van der Waals surface area (Å²) in [7, 11) is 3.21. The highest BCUT2D eigenvalue weighted by Crippen LogP contribution is 2.30. The van der Waals surface area contributed by atoms with Crippen LogP contribution in [0, 0.1) is 0 Å². The van der Waals surface area contributed by atoms with Crippen molar-refractivity contribution in [3.05, 3.63) is 51.5 Å². The van der Waals surface area contributed by atoms with E-state index in [2.05, 4.69) is 15.9 Å². The maximum Gasteiger partial charge on any atom is 0.161 e. The average molecular weight is 358 g/mol. The summed E-state index contributed by atoms with van der Waals surface area (Å²) < 4.78 is 17.1. The zero-order valence-corrected chi connectivity index (χ0v) is 13.5. The van der Waals surface area contributed by atoms with Gasteiger partial charge in [0.2, 0.25) is 0 Å². The Labute approximate surface area is 131 Å². The highest BCUT2D eigenvalue weighted by molar-refractivity contribution is 9.10. The summed E-state index contributed by atoms with van der Waals surface area (Å²) in [6.07, 6.45) is 0. The molecule has 0 amide bonds. The van der Waals surface area contributed by atoms with Crippen LogP contribution in [0.1, 0.15) is 5.56 Å². The highest BCUT2D eigenvalue weighted by atomic mass is 79.9. The molecule has 0 spiro atoms. The minimum absolute atomic E-state index is 0.399. The number of hydrogen-bond acceptors (Lipinski definition) is 3. The van der Waals surface area contributed by atoms with Crippen LogP contribution < -0.4 is 14.2 Å². The Kier molecular flexibility index (Phi) is 5.15. The number of hydrogen-bond donors (Lipinski definition) is 0. The molecule has 0 atom stereocenters. The standard InChI is InChI=1S/C15H14BrClO3/c1-18-13-6-3-10(7-15(13)19-2)9-20-14-8-11(16)4-5-12(14)17/h3-8H,9H2,1-2H3. The molecule has 0 saturated carbocycles. The van der Waals surface area contributed by atoms with E-state index in [0.717, 1.165) is 10.0 Å². The fourth-order valence-corrected chi connectivity index (χ4v) is 2.23. The van der Waals surface area contributed by atoms with Crippen molar-refractivity contribution < 1.29 is 14.2 Å². The molecular weight excluding hydrogens is 344 g/mol. The Hall–Kier alpha value is -1.39. The Morgan fingerprint density at radius 1 is 0.950 bits per heavy atom. The molecule has 0 aliphatic rings. The predicted octanol–water partition coefficient (Wildman–Crippen LogP) is 4.70. The Morgan fingerprint density at radius 2 is 1.70 bits per heavy atom. The second kappa shape index (κ2) is 6.86. The Bertz CT molecular complexity index is 602. The molecular formula is C15H14BrClO3. The molecule has 0 saturated heterocycles. The third-order valence-electron chi connectivity index (χ3n) is 2.74. The average Bonchev–Trinajstić information content (AvgIpc) is 2.47. The first kappa shape index (κ1) is 15.0. The van der Waals surface area contributed by atoms with Crippen LogP contribution in [0.15, 0.2) is 40.9 Å². The molecule has 20 heavy (non-hydrogen) atoms. The molecule has 0 aliphatic heterocycles. The number of halogens is 2. The molecule has 0 fully saturated rings. The largest absolute Gasteiger partial charge is 0.493 e. The lowest BCUT2D eigenvalue weighted by atomic mass is 10.2. The van der Waals surface area contributed by atoms with Gasteiger partial charge in [0, 0.05) is 4.47 Å². The van der Waals surface area contributed by atoms with Crippen molar-refractivity contribution in [1.29, 1.82) is 0 Å². The van der Waals surface area contributed by atoms with Crippen LogP contribution in [0.25, 0.3) is 0 Å². The first-order valence-electron chi connectivity index (χ1n) is 5.93. The van der Waals surface area contributed by atoms with Gasteiger partial charge in [0.15, 0.2) is 11.5 Å². The maximum absolute atomic E-state index is 6.08. The van der Waals surface area contributed by atoms with E-state index >= 15 is 0 Å². The van der Waals surface area contributed by atoms with Gasteiger partial charge in [0.25, 0.3) is 0 Å². The normalized spacial score (nSPS) is 10.2. The van der Waals surface area contributed by atoms with E-state index < -0.39 is 0 Å². The van der Waals surface area contributed by atoms with Gasteiger partial charge in [-0.05, 0) is 35.9 Å². The topological polar surface area (TPSA) is 27.7 Å². The van der Waals surface area contributed by atoms with Gasteiger partial charge in [-0.3, -0.25) is 0 Å². The van der Waals surface area contributed by atoms with E-state index in [9.17, 15) is 0 Å². The zero-order chi connectivity index (χ0) is 14.5. The van der Waals surface area contributed by atoms with Gasteiger partial charge in [-0.25, -0.2) is 0 Å².